The van der Waals surface area contributed by atoms with Crippen LogP contribution in [-0.2, 0) is 20.8 Å². The lowest BCUT2D eigenvalue weighted by atomic mass is 10.1. The number of carbonyl (C=O) groups excluding carboxylic acids is 2. The molecule has 2 N–H and O–H groups in total. The Balaban J connectivity index is 2.52. The van der Waals surface area contributed by atoms with Crippen molar-refractivity contribution in [3.63, 3.8) is 0 Å². The number of carboxylic acids is 1. The SMILES string of the molecule is CC(=O)CCc1ccc(OCC(NC(C)=O)C(=O)O)cc1. The lowest BCUT2D eigenvalue weighted by Crippen LogP contribution is -2.43. The average molecular weight is 293 g/mol. The van der Waals surface area contributed by atoms with Gasteiger partial charge in [0.15, 0.2) is 6.04 Å². The Morgan fingerprint density at radius 1 is 1.19 bits per heavy atom. The van der Waals surface area contributed by atoms with Crippen molar-refractivity contribution in [3.8, 4) is 5.75 Å². The molecule has 1 unspecified atom stereocenters. The molecule has 1 amide bonds. The second kappa shape index (κ2) is 8.04. The number of amides is 1. The van der Waals surface area contributed by atoms with Crippen LogP contribution < -0.4 is 10.1 Å². The van der Waals surface area contributed by atoms with Crippen molar-refractivity contribution in [1.29, 1.82) is 0 Å². The minimum atomic E-state index is -1.15. The number of rotatable bonds is 8. The molecule has 0 saturated carbocycles. The summed E-state index contributed by atoms with van der Waals surface area (Å²) in [5.41, 5.74) is 1.01. The van der Waals surface area contributed by atoms with Crippen molar-refractivity contribution in [1.82, 2.24) is 5.32 Å². The van der Waals surface area contributed by atoms with Crippen molar-refractivity contribution in [2.75, 3.05) is 6.61 Å². The fraction of sp³-hybridized carbons (Fsp3) is 0.400. The fourth-order valence-electron chi connectivity index (χ4n) is 1.67. The highest BCUT2D eigenvalue weighted by atomic mass is 16.5. The first-order valence-corrected chi connectivity index (χ1v) is 6.59. The molecule has 0 bridgehead atoms. The molecule has 0 saturated heterocycles. The van der Waals surface area contributed by atoms with Crippen LogP contribution in [0, 0.1) is 0 Å². The molecule has 0 aliphatic carbocycles. The van der Waals surface area contributed by atoms with Gasteiger partial charge in [0.25, 0.3) is 0 Å². The molecule has 114 valence electrons. The zero-order valence-electron chi connectivity index (χ0n) is 12.1. The highest BCUT2D eigenvalue weighted by Crippen LogP contribution is 2.13. The third-order valence-corrected chi connectivity index (χ3v) is 2.78. The Hall–Kier alpha value is -2.37. The molecule has 21 heavy (non-hydrogen) atoms. The number of aliphatic carboxylic acids is 1. The van der Waals surface area contributed by atoms with Gasteiger partial charge < -0.3 is 20.0 Å². The van der Waals surface area contributed by atoms with Gasteiger partial charge in [0.05, 0.1) is 0 Å². The van der Waals surface area contributed by atoms with Crippen LogP contribution in [0.1, 0.15) is 25.8 Å². The summed E-state index contributed by atoms with van der Waals surface area (Å²) in [7, 11) is 0. The van der Waals surface area contributed by atoms with E-state index in [9.17, 15) is 14.4 Å². The third kappa shape index (κ3) is 6.56. The zero-order chi connectivity index (χ0) is 15.8. The molecular weight excluding hydrogens is 274 g/mol. The Morgan fingerprint density at radius 3 is 2.29 bits per heavy atom. The quantitative estimate of drug-likeness (QED) is 0.750. The normalized spacial score (nSPS) is 11.5. The molecule has 6 nitrogen and oxygen atoms in total. The molecule has 0 radical (unpaired) electrons. The van der Waals surface area contributed by atoms with Crippen molar-refractivity contribution in [2.24, 2.45) is 0 Å². The molecule has 0 aromatic heterocycles. The van der Waals surface area contributed by atoms with Crippen molar-refractivity contribution in [3.05, 3.63) is 29.8 Å². The molecule has 1 atom stereocenters. The first-order chi connectivity index (χ1) is 9.88. The lowest BCUT2D eigenvalue weighted by Gasteiger charge is -2.14. The maximum Gasteiger partial charge on any atom is 0.329 e. The topological polar surface area (TPSA) is 92.7 Å². The van der Waals surface area contributed by atoms with Crippen molar-refractivity contribution in [2.45, 2.75) is 32.7 Å². The van der Waals surface area contributed by atoms with Crippen molar-refractivity contribution < 1.29 is 24.2 Å². The van der Waals surface area contributed by atoms with Gasteiger partial charge in [-0.1, -0.05) is 12.1 Å². The molecule has 1 aromatic rings. The number of hydrogen-bond donors (Lipinski definition) is 2. The molecule has 0 spiro atoms. The van der Waals surface area contributed by atoms with Crippen LogP contribution in [0.5, 0.6) is 5.75 Å². The van der Waals surface area contributed by atoms with E-state index in [2.05, 4.69) is 5.32 Å². The van der Waals surface area contributed by atoms with E-state index in [0.717, 1.165) is 5.56 Å². The van der Waals surface area contributed by atoms with Gasteiger partial charge in [-0.3, -0.25) is 4.79 Å². The van der Waals surface area contributed by atoms with Crippen LogP contribution in [-0.4, -0.2) is 35.4 Å². The molecule has 0 aliphatic heterocycles. The highest BCUT2D eigenvalue weighted by molar-refractivity contribution is 5.82. The zero-order valence-corrected chi connectivity index (χ0v) is 12.1. The van der Waals surface area contributed by atoms with E-state index in [4.69, 9.17) is 9.84 Å². The minimum Gasteiger partial charge on any atom is -0.491 e. The van der Waals surface area contributed by atoms with E-state index >= 15 is 0 Å². The molecule has 0 heterocycles. The van der Waals surface area contributed by atoms with E-state index in [1.807, 2.05) is 12.1 Å². The molecule has 6 heteroatoms. The van der Waals surface area contributed by atoms with Crippen LogP contribution in [0.3, 0.4) is 0 Å². The van der Waals surface area contributed by atoms with Gasteiger partial charge in [-0.05, 0) is 31.0 Å². The van der Waals surface area contributed by atoms with Gasteiger partial charge in [-0.15, -0.1) is 0 Å². The summed E-state index contributed by atoms with van der Waals surface area (Å²) in [5, 5.41) is 11.2. The standard InChI is InChI=1S/C15H19NO5/c1-10(17)3-4-12-5-7-13(8-6-12)21-9-14(15(19)20)16-11(2)18/h5-8,14H,3-4,9H2,1-2H3,(H,16,18)(H,19,20). The van der Waals surface area contributed by atoms with E-state index in [1.54, 1.807) is 19.1 Å². The Bertz CT molecular complexity index is 509. The van der Waals surface area contributed by atoms with Crippen molar-refractivity contribution >= 4 is 17.7 Å². The number of carbonyl (C=O) groups is 3. The Morgan fingerprint density at radius 2 is 1.81 bits per heavy atom. The van der Waals surface area contributed by atoms with E-state index < -0.39 is 17.9 Å². The first-order valence-electron chi connectivity index (χ1n) is 6.59. The summed E-state index contributed by atoms with van der Waals surface area (Å²) in [6.07, 6.45) is 1.16. The van der Waals surface area contributed by atoms with E-state index in [0.29, 0.717) is 18.6 Å². The van der Waals surface area contributed by atoms with Gasteiger partial charge in [0, 0.05) is 13.3 Å². The van der Waals surface area contributed by atoms with Gasteiger partial charge >= 0.3 is 5.97 Å². The summed E-state index contributed by atoms with van der Waals surface area (Å²) in [4.78, 5) is 32.7. The molecule has 0 aliphatic rings. The smallest absolute Gasteiger partial charge is 0.329 e. The number of carboxylic acid groups (broad SMARTS) is 1. The monoisotopic (exact) mass is 293 g/mol. The minimum absolute atomic E-state index is 0.134. The lowest BCUT2D eigenvalue weighted by molar-refractivity contribution is -0.142. The number of aryl methyl sites for hydroxylation is 1. The number of ketones is 1. The van der Waals surface area contributed by atoms with Crippen LogP contribution in [0.2, 0.25) is 0 Å². The average Bonchev–Trinajstić information content (AvgIpc) is 2.41. The summed E-state index contributed by atoms with van der Waals surface area (Å²) >= 11 is 0. The first kappa shape index (κ1) is 16.7. The second-order valence-corrected chi connectivity index (χ2v) is 4.75. The molecule has 1 rings (SSSR count). The number of hydrogen-bond acceptors (Lipinski definition) is 4. The van der Waals surface area contributed by atoms with E-state index in [1.165, 1.54) is 6.92 Å². The number of ether oxygens (including phenoxy) is 1. The largest absolute Gasteiger partial charge is 0.491 e. The summed E-state index contributed by atoms with van der Waals surface area (Å²) in [6, 6.07) is 5.99. The highest BCUT2D eigenvalue weighted by Gasteiger charge is 2.19. The molecule has 0 fully saturated rings. The third-order valence-electron chi connectivity index (χ3n) is 2.78. The number of benzene rings is 1. The Labute approximate surface area is 123 Å². The van der Waals surface area contributed by atoms with Gasteiger partial charge in [0.1, 0.15) is 18.1 Å². The molecule has 1 aromatic carbocycles. The predicted molar refractivity (Wildman–Crippen MR) is 76.2 cm³/mol. The van der Waals surface area contributed by atoms with Crippen LogP contribution in [0.25, 0.3) is 0 Å². The predicted octanol–water partition coefficient (Wildman–Crippen LogP) is 1.18. The summed E-state index contributed by atoms with van der Waals surface area (Å²) < 4.78 is 5.35. The fourth-order valence-corrected chi connectivity index (χ4v) is 1.67. The van der Waals surface area contributed by atoms with Gasteiger partial charge in [0.2, 0.25) is 5.91 Å². The second-order valence-electron chi connectivity index (χ2n) is 4.75. The van der Waals surface area contributed by atoms with Crippen LogP contribution >= 0.6 is 0 Å². The van der Waals surface area contributed by atoms with Crippen LogP contribution in [0.15, 0.2) is 24.3 Å². The molecular formula is C15H19NO5. The number of Topliss-reactive ketones (excluding diaryl/α,β-unsaturated/α-hetero) is 1. The Kier molecular flexibility index (Phi) is 6.39. The maximum atomic E-state index is 10.9. The van der Waals surface area contributed by atoms with Gasteiger partial charge in [-0.2, -0.15) is 0 Å². The maximum absolute atomic E-state index is 10.9. The number of nitrogens with one attached hydrogen (secondary N) is 1. The summed E-state index contributed by atoms with van der Waals surface area (Å²) in [5.74, 6) is -0.929. The van der Waals surface area contributed by atoms with Crippen LogP contribution in [0.4, 0.5) is 0 Å². The van der Waals surface area contributed by atoms with Gasteiger partial charge in [-0.25, -0.2) is 4.79 Å². The van der Waals surface area contributed by atoms with E-state index in [-0.39, 0.29) is 12.4 Å². The summed E-state index contributed by atoms with van der Waals surface area (Å²) in [6.45, 7) is 2.65.